The Kier molecular flexibility index (Phi) is 7.41. The predicted molar refractivity (Wildman–Crippen MR) is 71.9 cm³/mol. The summed E-state index contributed by atoms with van der Waals surface area (Å²) in [7, 11) is 1.69. The largest absolute Gasteiger partial charge is 0.491 e. The molecule has 0 aliphatic heterocycles. The molecule has 0 aliphatic carbocycles. The number of rotatable bonds is 9. The molecule has 1 aromatic rings. The van der Waals surface area contributed by atoms with Gasteiger partial charge in [0.05, 0.1) is 6.61 Å². The van der Waals surface area contributed by atoms with E-state index in [-0.39, 0.29) is 0 Å². The van der Waals surface area contributed by atoms with Crippen LogP contribution >= 0.6 is 0 Å². The first-order valence-electron chi connectivity index (χ1n) is 6.27. The monoisotopic (exact) mass is 253 g/mol. The summed E-state index contributed by atoms with van der Waals surface area (Å²) in [5.41, 5.74) is 7.92. The molecule has 0 radical (unpaired) electrons. The van der Waals surface area contributed by atoms with Gasteiger partial charge in [0.25, 0.3) is 0 Å². The van der Waals surface area contributed by atoms with Crippen LogP contribution in [0.5, 0.6) is 5.75 Å². The van der Waals surface area contributed by atoms with Gasteiger partial charge < -0.3 is 19.9 Å². The SMILES string of the molecule is COCCCOCCOc1ccc(CN)c(C)c1. The summed E-state index contributed by atoms with van der Waals surface area (Å²) >= 11 is 0. The molecule has 0 atom stereocenters. The van der Waals surface area contributed by atoms with E-state index in [4.69, 9.17) is 19.9 Å². The summed E-state index contributed by atoms with van der Waals surface area (Å²) in [4.78, 5) is 0. The summed E-state index contributed by atoms with van der Waals surface area (Å²) in [5, 5.41) is 0. The van der Waals surface area contributed by atoms with Gasteiger partial charge in [-0.15, -0.1) is 0 Å². The average Bonchev–Trinajstić information content (AvgIpc) is 2.38. The number of hydrogen-bond donors (Lipinski definition) is 1. The number of nitrogens with two attached hydrogens (primary N) is 1. The zero-order valence-electron chi connectivity index (χ0n) is 11.3. The van der Waals surface area contributed by atoms with Crippen molar-refractivity contribution in [2.75, 3.05) is 33.5 Å². The Hall–Kier alpha value is -1.10. The van der Waals surface area contributed by atoms with E-state index in [0.29, 0.717) is 26.4 Å². The van der Waals surface area contributed by atoms with Crippen LogP contribution in [0, 0.1) is 6.92 Å². The minimum Gasteiger partial charge on any atom is -0.491 e. The molecule has 18 heavy (non-hydrogen) atoms. The summed E-state index contributed by atoms with van der Waals surface area (Å²) in [6.07, 6.45) is 0.917. The molecule has 4 heteroatoms. The Bertz CT molecular complexity index is 342. The molecular weight excluding hydrogens is 230 g/mol. The van der Waals surface area contributed by atoms with E-state index in [2.05, 4.69) is 0 Å². The lowest BCUT2D eigenvalue weighted by molar-refractivity contribution is 0.0806. The van der Waals surface area contributed by atoms with Crippen LogP contribution in [0.3, 0.4) is 0 Å². The molecule has 1 aromatic carbocycles. The van der Waals surface area contributed by atoms with E-state index in [9.17, 15) is 0 Å². The summed E-state index contributed by atoms with van der Waals surface area (Å²) in [6.45, 7) is 5.21. The lowest BCUT2D eigenvalue weighted by Crippen LogP contribution is -2.09. The van der Waals surface area contributed by atoms with Crippen molar-refractivity contribution in [3.8, 4) is 5.75 Å². The van der Waals surface area contributed by atoms with Crippen LogP contribution in [-0.2, 0) is 16.0 Å². The van der Waals surface area contributed by atoms with Gasteiger partial charge in [0, 0.05) is 26.9 Å². The molecule has 0 aromatic heterocycles. The maximum absolute atomic E-state index is 5.61. The number of hydrogen-bond acceptors (Lipinski definition) is 4. The summed E-state index contributed by atoms with van der Waals surface area (Å²) < 4.78 is 15.9. The molecule has 0 amide bonds. The van der Waals surface area contributed by atoms with Crippen LogP contribution in [0.1, 0.15) is 17.5 Å². The maximum Gasteiger partial charge on any atom is 0.119 e. The van der Waals surface area contributed by atoms with E-state index in [0.717, 1.165) is 29.9 Å². The molecule has 102 valence electrons. The van der Waals surface area contributed by atoms with Gasteiger partial charge in [-0.25, -0.2) is 0 Å². The highest BCUT2D eigenvalue weighted by Gasteiger charge is 1.99. The van der Waals surface area contributed by atoms with E-state index in [1.54, 1.807) is 7.11 Å². The molecule has 0 heterocycles. The fourth-order valence-electron chi connectivity index (χ4n) is 1.61. The van der Waals surface area contributed by atoms with Gasteiger partial charge in [-0.05, 0) is 36.6 Å². The van der Waals surface area contributed by atoms with Crippen molar-refractivity contribution in [1.82, 2.24) is 0 Å². The first kappa shape index (κ1) is 15.0. The van der Waals surface area contributed by atoms with Crippen LogP contribution in [0.4, 0.5) is 0 Å². The Labute approximate surface area is 109 Å². The molecule has 0 spiro atoms. The minimum atomic E-state index is 0.564. The van der Waals surface area contributed by atoms with E-state index < -0.39 is 0 Å². The van der Waals surface area contributed by atoms with E-state index in [1.165, 1.54) is 0 Å². The van der Waals surface area contributed by atoms with Crippen LogP contribution in [0.15, 0.2) is 18.2 Å². The van der Waals surface area contributed by atoms with Gasteiger partial charge in [0.2, 0.25) is 0 Å². The molecule has 0 saturated heterocycles. The van der Waals surface area contributed by atoms with Crippen molar-refractivity contribution in [2.45, 2.75) is 19.9 Å². The molecule has 0 bridgehead atoms. The van der Waals surface area contributed by atoms with Crippen molar-refractivity contribution in [3.05, 3.63) is 29.3 Å². The zero-order chi connectivity index (χ0) is 13.2. The first-order valence-corrected chi connectivity index (χ1v) is 6.27. The number of ether oxygens (including phenoxy) is 3. The highest BCUT2D eigenvalue weighted by atomic mass is 16.5. The van der Waals surface area contributed by atoms with Gasteiger partial charge in [0.1, 0.15) is 12.4 Å². The third-order valence-electron chi connectivity index (χ3n) is 2.67. The molecule has 0 saturated carbocycles. The molecule has 2 N–H and O–H groups in total. The van der Waals surface area contributed by atoms with Gasteiger partial charge in [-0.3, -0.25) is 0 Å². The van der Waals surface area contributed by atoms with E-state index >= 15 is 0 Å². The lowest BCUT2D eigenvalue weighted by atomic mass is 10.1. The normalized spacial score (nSPS) is 10.6. The lowest BCUT2D eigenvalue weighted by Gasteiger charge is -2.09. The fraction of sp³-hybridized carbons (Fsp3) is 0.571. The number of benzene rings is 1. The van der Waals surface area contributed by atoms with Crippen molar-refractivity contribution >= 4 is 0 Å². The maximum atomic E-state index is 5.61. The highest BCUT2D eigenvalue weighted by molar-refractivity contribution is 5.34. The zero-order valence-corrected chi connectivity index (χ0v) is 11.3. The van der Waals surface area contributed by atoms with Crippen molar-refractivity contribution in [2.24, 2.45) is 5.73 Å². The second-order valence-electron chi connectivity index (χ2n) is 4.10. The summed E-state index contributed by atoms with van der Waals surface area (Å²) in [6, 6.07) is 5.96. The number of methoxy groups -OCH3 is 1. The molecule has 0 unspecified atom stereocenters. The van der Waals surface area contributed by atoms with Crippen LogP contribution in [0.25, 0.3) is 0 Å². The summed E-state index contributed by atoms with van der Waals surface area (Å²) in [5.74, 6) is 0.866. The first-order chi connectivity index (χ1) is 8.77. The van der Waals surface area contributed by atoms with E-state index in [1.807, 2.05) is 25.1 Å². The second kappa shape index (κ2) is 8.91. The highest BCUT2D eigenvalue weighted by Crippen LogP contribution is 2.16. The van der Waals surface area contributed by atoms with Crippen LogP contribution in [-0.4, -0.2) is 33.5 Å². The molecule has 0 fully saturated rings. The van der Waals surface area contributed by atoms with Gasteiger partial charge in [-0.2, -0.15) is 0 Å². The standard InChI is InChI=1S/C14H23NO3/c1-12-10-14(5-4-13(12)11-15)18-9-8-17-7-3-6-16-2/h4-5,10H,3,6-9,11,15H2,1-2H3. The van der Waals surface area contributed by atoms with Crippen molar-refractivity contribution in [1.29, 1.82) is 0 Å². The average molecular weight is 253 g/mol. The second-order valence-corrected chi connectivity index (χ2v) is 4.10. The molecule has 0 aliphatic rings. The fourth-order valence-corrected chi connectivity index (χ4v) is 1.61. The Morgan fingerprint density at radius 1 is 1.11 bits per heavy atom. The van der Waals surface area contributed by atoms with Gasteiger partial charge in [-0.1, -0.05) is 6.07 Å². The van der Waals surface area contributed by atoms with Gasteiger partial charge >= 0.3 is 0 Å². The van der Waals surface area contributed by atoms with Crippen LogP contribution in [0.2, 0.25) is 0 Å². The third-order valence-corrected chi connectivity index (χ3v) is 2.67. The Balaban J connectivity index is 2.17. The van der Waals surface area contributed by atoms with Crippen LogP contribution < -0.4 is 10.5 Å². The quantitative estimate of drug-likeness (QED) is 0.683. The topological polar surface area (TPSA) is 53.7 Å². The molecular formula is C14H23NO3. The van der Waals surface area contributed by atoms with Gasteiger partial charge in [0.15, 0.2) is 0 Å². The molecule has 1 rings (SSSR count). The predicted octanol–water partition coefficient (Wildman–Crippen LogP) is 1.89. The molecule has 4 nitrogen and oxygen atoms in total. The third kappa shape index (κ3) is 5.49. The minimum absolute atomic E-state index is 0.564. The Morgan fingerprint density at radius 3 is 2.61 bits per heavy atom. The van der Waals surface area contributed by atoms with Crippen molar-refractivity contribution < 1.29 is 14.2 Å². The number of aryl methyl sites for hydroxylation is 1. The van der Waals surface area contributed by atoms with Crippen molar-refractivity contribution in [3.63, 3.8) is 0 Å². The smallest absolute Gasteiger partial charge is 0.119 e. The Morgan fingerprint density at radius 2 is 1.94 bits per heavy atom.